The van der Waals surface area contributed by atoms with Crippen molar-refractivity contribution < 1.29 is 18.1 Å². The number of anilines is 2. The number of sulfonamides is 1. The molecule has 0 saturated carbocycles. The van der Waals surface area contributed by atoms with Crippen LogP contribution in [0.2, 0.25) is 0 Å². The lowest BCUT2D eigenvalue weighted by atomic mass is 10.1. The van der Waals surface area contributed by atoms with E-state index >= 15 is 0 Å². The summed E-state index contributed by atoms with van der Waals surface area (Å²) >= 11 is 0. The van der Waals surface area contributed by atoms with Crippen LogP contribution in [-0.4, -0.2) is 31.5 Å². The van der Waals surface area contributed by atoms with Gasteiger partial charge in [-0.1, -0.05) is 12.1 Å². The first kappa shape index (κ1) is 17.9. The highest BCUT2D eigenvalue weighted by atomic mass is 32.2. The standard InChI is InChI=1S/C17H17N3O5S/c1-12-4-2-5-15(16(12)20(22)23)17(21)18-13-6-8-14(9-7-13)19-10-3-11-26(19,24)25/h2,4-9H,3,10-11H2,1H3,(H,18,21). The summed E-state index contributed by atoms with van der Waals surface area (Å²) < 4.78 is 25.2. The number of carbonyl (C=O) groups is 1. The summed E-state index contributed by atoms with van der Waals surface area (Å²) in [6.45, 7) is 2.00. The number of hydrogen-bond donors (Lipinski definition) is 1. The number of nitrogens with one attached hydrogen (secondary N) is 1. The maximum absolute atomic E-state index is 12.4. The van der Waals surface area contributed by atoms with E-state index in [0.717, 1.165) is 0 Å². The summed E-state index contributed by atoms with van der Waals surface area (Å²) in [5.74, 6) is -0.468. The first-order chi connectivity index (χ1) is 12.3. The van der Waals surface area contributed by atoms with Crippen molar-refractivity contribution in [3.05, 3.63) is 63.7 Å². The molecule has 8 nitrogen and oxygen atoms in total. The number of para-hydroxylation sites is 1. The van der Waals surface area contributed by atoms with Crippen LogP contribution in [-0.2, 0) is 10.0 Å². The molecule has 0 bridgehead atoms. The average Bonchev–Trinajstić information content (AvgIpc) is 2.94. The summed E-state index contributed by atoms with van der Waals surface area (Å²) in [6, 6.07) is 10.9. The van der Waals surface area contributed by atoms with Gasteiger partial charge in [-0.15, -0.1) is 0 Å². The Morgan fingerprint density at radius 3 is 2.46 bits per heavy atom. The molecule has 3 rings (SSSR count). The zero-order chi connectivity index (χ0) is 18.9. The first-order valence-corrected chi connectivity index (χ1v) is 9.56. The molecule has 1 saturated heterocycles. The lowest BCUT2D eigenvalue weighted by molar-refractivity contribution is -0.385. The van der Waals surface area contributed by atoms with E-state index in [4.69, 9.17) is 0 Å². The molecule has 0 aliphatic carbocycles. The van der Waals surface area contributed by atoms with E-state index in [1.54, 1.807) is 43.3 Å². The van der Waals surface area contributed by atoms with Crippen LogP contribution in [0.25, 0.3) is 0 Å². The molecule has 1 fully saturated rings. The molecule has 1 aliphatic heterocycles. The van der Waals surface area contributed by atoms with Crippen LogP contribution in [0.3, 0.4) is 0 Å². The predicted molar refractivity (Wildman–Crippen MR) is 98.0 cm³/mol. The molecule has 136 valence electrons. The molecule has 0 radical (unpaired) electrons. The third-order valence-corrected chi connectivity index (χ3v) is 6.05. The number of benzene rings is 2. The van der Waals surface area contributed by atoms with Crippen molar-refractivity contribution in [1.82, 2.24) is 0 Å². The Labute approximate surface area is 150 Å². The highest BCUT2D eigenvalue weighted by Crippen LogP contribution is 2.27. The van der Waals surface area contributed by atoms with Crippen LogP contribution in [0.1, 0.15) is 22.3 Å². The lowest BCUT2D eigenvalue weighted by Crippen LogP contribution is -2.25. The number of carbonyl (C=O) groups excluding carboxylic acids is 1. The molecule has 1 amide bonds. The molecule has 1 N–H and O–H groups in total. The van der Waals surface area contributed by atoms with E-state index in [9.17, 15) is 23.3 Å². The molecule has 1 heterocycles. The fraction of sp³-hybridized carbons (Fsp3) is 0.235. The predicted octanol–water partition coefficient (Wildman–Crippen LogP) is 2.70. The number of nitro benzene ring substituents is 1. The minimum absolute atomic E-state index is 0.0267. The average molecular weight is 375 g/mol. The van der Waals surface area contributed by atoms with Crippen molar-refractivity contribution >= 4 is 33.0 Å². The normalized spacial score (nSPS) is 15.7. The molecule has 0 atom stereocenters. The molecular weight excluding hydrogens is 358 g/mol. The Morgan fingerprint density at radius 1 is 1.19 bits per heavy atom. The van der Waals surface area contributed by atoms with E-state index in [2.05, 4.69) is 5.32 Å². The molecular formula is C17H17N3O5S. The van der Waals surface area contributed by atoms with Gasteiger partial charge in [0.15, 0.2) is 0 Å². The van der Waals surface area contributed by atoms with Crippen molar-refractivity contribution in [1.29, 1.82) is 0 Å². The van der Waals surface area contributed by atoms with Crippen molar-refractivity contribution in [2.75, 3.05) is 21.9 Å². The Kier molecular flexibility index (Phi) is 4.64. The number of hydrogen-bond acceptors (Lipinski definition) is 5. The lowest BCUT2D eigenvalue weighted by Gasteiger charge is -2.17. The number of aryl methyl sites for hydroxylation is 1. The number of nitrogens with zero attached hydrogens (tertiary/aromatic N) is 2. The van der Waals surface area contributed by atoms with Gasteiger partial charge in [0.25, 0.3) is 11.6 Å². The molecule has 26 heavy (non-hydrogen) atoms. The highest BCUT2D eigenvalue weighted by Gasteiger charge is 2.28. The first-order valence-electron chi connectivity index (χ1n) is 7.95. The molecule has 9 heteroatoms. The smallest absolute Gasteiger partial charge is 0.285 e. The van der Waals surface area contributed by atoms with Gasteiger partial charge in [0.05, 0.1) is 16.4 Å². The van der Waals surface area contributed by atoms with E-state index < -0.39 is 20.9 Å². The maximum Gasteiger partial charge on any atom is 0.285 e. The second-order valence-corrected chi connectivity index (χ2v) is 7.98. The highest BCUT2D eigenvalue weighted by molar-refractivity contribution is 7.93. The van der Waals surface area contributed by atoms with Crippen LogP contribution in [0.5, 0.6) is 0 Å². The summed E-state index contributed by atoms with van der Waals surface area (Å²) in [7, 11) is -3.27. The molecule has 0 aromatic heterocycles. The van der Waals surface area contributed by atoms with Crippen LogP contribution in [0.4, 0.5) is 17.1 Å². The third-order valence-electron chi connectivity index (χ3n) is 4.18. The minimum Gasteiger partial charge on any atom is -0.322 e. The number of amides is 1. The summed E-state index contributed by atoms with van der Waals surface area (Å²) in [5.41, 5.74) is 1.09. The van der Waals surface area contributed by atoms with E-state index in [1.807, 2.05) is 0 Å². The van der Waals surface area contributed by atoms with E-state index in [-0.39, 0.29) is 17.0 Å². The Morgan fingerprint density at radius 2 is 1.88 bits per heavy atom. The Balaban J connectivity index is 1.81. The van der Waals surface area contributed by atoms with E-state index in [0.29, 0.717) is 29.9 Å². The van der Waals surface area contributed by atoms with Crippen molar-refractivity contribution in [3.63, 3.8) is 0 Å². The van der Waals surface area contributed by atoms with Gasteiger partial charge in [0, 0.05) is 17.8 Å². The van der Waals surface area contributed by atoms with Crippen LogP contribution >= 0.6 is 0 Å². The number of nitro groups is 1. The summed E-state index contributed by atoms with van der Waals surface area (Å²) in [6.07, 6.45) is 0.581. The molecule has 0 spiro atoms. The van der Waals surface area contributed by atoms with Crippen LogP contribution in [0, 0.1) is 17.0 Å². The van der Waals surface area contributed by atoms with Crippen molar-refractivity contribution in [2.45, 2.75) is 13.3 Å². The molecule has 2 aromatic carbocycles. The molecule has 1 aliphatic rings. The maximum atomic E-state index is 12.4. The van der Waals surface area contributed by atoms with Gasteiger partial charge in [0.1, 0.15) is 5.56 Å². The topological polar surface area (TPSA) is 110 Å². The van der Waals surface area contributed by atoms with Gasteiger partial charge >= 0.3 is 0 Å². The minimum atomic E-state index is -3.27. The van der Waals surface area contributed by atoms with Gasteiger partial charge < -0.3 is 5.32 Å². The summed E-state index contributed by atoms with van der Waals surface area (Å²) in [4.78, 5) is 23.1. The fourth-order valence-electron chi connectivity index (χ4n) is 2.92. The van der Waals surface area contributed by atoms with Gasteiger partial charge in [-0.3, -0.25) is 19.2 Å². The second kappa shape index (κ2) is 6.75. The fourth-order valence-corrected chi connectivity index (χ4v) is 4.49. The van der Waals surface area contributed by atoms with Gasteiger partial charge in [-0.25, -0.2) is 8.42 Å². The summed E-state index contributed by atoms with van der Waals surface area (Å²) in [5, 5.41) is 13.8. The zero-order valence-corrected chi connectivity index (χ0v) is 14.8. The number of rotatable bonds is 4. The monoisotopic (exact) mass is 375 g/mol. The quantitative estimate of drug-likeness (QED) is 0.653. The SMILES string of the molecule is Cc1cccc(C(=O)Nc2ccc(N3CCCS3(=O)=O)cc2)c1[N+](=O)[O-]. The van der Waals surface area contributed by atoms with Crippen LogP contribution in [0.15, 0.2) is 42.5 Å². The Bertz CT molecular complexity index is 970. The Hall–Kier alpha value is -2.94. The van der Waals surface area contributed by atoms with Gasteiger partial charge in [-0.2, -0.15) is 0 Å². The third kappa shape index (κ3) is 3.38. The zero-order valence-electron chi connectivity index (χ0n) is 14.0. The molecule has 2 aromatic rings. The van der Waals surface area contributed by atoms with Crippen LogP contribution < -0.4 is 9.62 Å². The van der Waals surface area contributed by atoms with Gasteiger partial charge in [-0.05, 0) is 43.7 Å². The van der Waals surface area contributed by atoms with Gasteiger partial charge in [0.2, 0.25) is 10.0 Å². The van der Waals surface area contributed by atoms with Crippen molar-refractivity contribution in [3.8, 4) is 0 Å². The van der Waals surface area contributed by atoms with E-state index in [1.165, 1.54) is 10.4 Å². The largest absolute Gasteiger partial charge is 0.322 e. The second-order valence-electron chi connectivity index (χ2n) is 5.97. The van der Waals surface area contributed by atoms with Crippen molar-refractivity contribution in [2.24, 2.45) is 0 Å². The molecule has 0 unspecified atom stereocenters.